The van der Waals surface area contributed by atoms with E-state index < -0.39 is 0 Å². The van der Waals surface area contributed by atoms with Gasteiger partial charge in [-0.1, -0.05) is 33.1 Å². The molecule has 0 bridgehead atoms. The molecule has 1 heterocycles. The van der Waals surface area contributed by atoms with Crippen LogP contribution in [0.4, 0.5) is 0 Å². The lowest BCUT2D eigenvalue weighted by atomic mass is 9.76. The largest absolute Gasteiger partial charge is 0.306 e. The molecule has 0 aliphatic carbocycles. The summed E-state index contributed by atoms with van der Waals surface area (Å²) in [5, 5.41) is 0. The van der Waals surface area contributed by atoms with Crippen molar-refractivity contribution in [3.05, 3.63) is 0 Å². The molecule has 1 heteroatoms. The molecule has 1 rings (SSSR count). The van der Waals surface area contributed by atoms with Gasteiger partial charge in [0.1, 0.15) is 0 Å². The summed E-state index contributed by atoms with van der Waals surface area (Å²) in [6.07, 6.45) is 8.49. The van der Waals surface area contributed by atoms with Gasteiger partial charge in [-0.05, 0) is 44.8 Å². The monoisotopic (exact) mass is 183 g/mol. The van der Waals surface area contributed by atoms with Gasteiger partial charge in [0.15, 0.2) is 0 Å². The fourth-order valence-electron chi connectivity index (χ4n) is 2.21. The zero-order chi connectivity index (χ0) is 9.73. The number of piperidine rings is 1. The first kappa shape index (κ1) is 11.0. The SMILES string of the molecule is CCCCCC1(C)CCN(C)CC1. The highest BCUT2D eigenvalue weighted by Crippen LogP contribution is 2.35. The summed E-state index contributed by atoms with van der Waals surface area (Å²) in [6, 6.07) is 0. The van der Waals surface area contributed by atoms with E-state index >= 15 is 0 Å². The number of unbranched alkanes of at least 4 members (excludes halogenated alkanes) is 2. The summed E-state index contributed by atoms with van der Waals surface area (Å²) < 4.78 is 0. The molecule has 0 radical (unpaired) electrons. The van der Waals surface area contributed by atoms with E-state index in [4.69, 9.17) is 0 Å². The molecule has 13 heavy (non-hydrogen) atoms. The van der Waals surface area contributed by atoms with E-state index in [-0.39, 0.29) is 0 Å². The average molecular weight is 183 g/mol. The summed E-state index contributed by atoms with van der Waals surface area (Å²) in [5.74, 6) is 0. The molecule has 1 fully saturated rings. The van der Waals surface area contributed by atoms with Crippen molar-refractivity contribution in [2.75, 3.05) is 20.1 Å². The van der Waals surface area contributed by atoms with E-state index in [1.54, 1.807) is 0 Å². The Hall–Kier alpha value is -0.0400. The Kier molecular flexibility index (Phi) is 4.24. The van der Waals surface area contributed by atoms with Crippen LogP contribution in [0.1, 0.15) is 52.4 Å². The number of rotatable bonds is 4. The molecule has 1 saturated heterocycles. The Morgan fingerprint density at radius 3 is 2.31 bits per heavy atom. The van der Waals surface area contributed by atoms with Crippen LogP contribution in [0.25, 0.3) is 0 Å². The van der Waals surface area contributed by atoms with Gasteiger partial charge < -0.3 is 4.90 Å². The third kappa shape index (κ3) is 3.68. The second-order valence-corrected chi connectivity index (χ2v) is 5.07. The lowest BCUT2D eigenvalue weighted by Crippen LogP contribution is -2.36. The molecule has 0 spiro atoms. The standard InChI is InChI=1S/C12H25N/c1-4-5-6-7-12(2)8-10-13(3)11-9-12/h4-11H2,1-3H3. The molecular formula is C12H25N. The van der Waals surface area contributed by atoms with Crippen molar-refractivity contribution >= 4 is 0 Å². The highest BCUT2D eigenvalue weighted by molar-refractivity contribution is 4.80. The summed E-state index contributed by atoms with van der Waals surface area (Å²) >= 11 is 0. The minimum Gasteiger partial charge on any atom is -0.306 e. The van der Waals surface area contributed by atoms with Gasteiger partial charge in [0, 0.05) is 0 Å². The minimum absolute atomic E-state index is 0.668. The van der Waals surface area contributed by atoms with Gasteiger partial charge in [-0.15, -0.1) is 0 Å². The molecule has 0 atom stereocenters. The van der Waals surface area contributed by atoms with Crippen molar-refractivity contribution in [2.45, 2.75) is 52.4 Å². The molecule has 78 valence electrons. The molecular weight excluding hydrogens is 158 g/mol. The molecule has 0 N–H and O–H groups in total. The summed E-state index contributed by atoms with van der Waals surface area (Å²) in [4.78, 5) is 2.46. The first-order valence-corrected chi connectivity index (χ1v) is 5.85. The average Bonchev–Trinajstić information content (AvgIpc) is 2.12. The van der Waals surface area contributed by atoms with Crippen molar-refractivity contribution < 1.29 is 0 Å². The smallest absolute Gasteiger partial charge is 0.00166 e. The molecule has 0 unspecified atom stereocenters. The van der Waals surface area contributed by atoms with E-state index in [9.17, 15) is 0 Å². The Balaban J connectivity index is 2.22. The quantitative estimate of drug-likeness (QED) is 0.604. The predicted molar refractivity (Wildman–Crippen MR) is 59.0 cm³/mol. The molecule has 1 aliphatic rings. The molecule has 0 saturated carbocycles. The highest BCUT2D eigenvalue weighted by atomic mass is 15.1. The normalized spacial score (nSPS) is 23.3. The van der Waals surface area contributed by atoms with Crippen LogP contribution >= 0.6 is 0 Å². The van der Waals surface area contributed by atoms with Crippen molar-refractivity contribution in [2.24, 2.45) is 5.41 Å². The molecule has 0 aromatic carbocycles. The van der Waals surface area contributed by atoms with E-state index in [0.29, 0.717) is 5.41 Å². The molecule has 1 nitrogen and oxygen atoms in total. The van der Waals surface area contributed by atoms with Crippen LogP contribution in [0.15, 0.2) is 0 Å². The van der Waals surface area contributed by atoms with Crippen LogP contribution in [0.3, 0.4) is 0 Å². The lowest BCUT2D eigenvalue weighted by Gasteiger charge is -2.38. The third-order valence-corrected chi connectivity index (χ3v) is 3.58. The van der Waals surface area contributed by atoms with Crippen molar-refractivity contribution in [3.63, 3.8) is 0 Å². The van der Waals surface area contributed by atoms with E-state index in [0.717, 1.165) is 0 Å². The van der Waals surface area contributed by atoms with E-state index in [1.807, 2.05) is 0 Å². The summed E-state index contributed by atoms with van der Waals surface area (Å²) in [5.41, 5.74) is 0.668. The number of nitrogens with zero attached hydrogens (tertiary/aromatic N) is 1. The fraction of sp³-hybridized carbons (Fsp3) is 1.00. The van der Waals surface area contributed by atoms with Crippen molar-refractivity contribution in [1.82, 2.24) is 4.90 Å². The van der Waals surface area contributed by atoms with E-state index in [2.05, 4.69) is 25.8 Å². The van der Waals surface area contributed by atoms with Crippen LogP contribution in [0.2, 0.25) is 0 Å². The summed E-state index contributed by atoms with van der Waals surface area (Å²) in [7, 11) is 2.24. The third-order valence-electron chi connectivity index (χ3n) is 3.58. The number of hydrogen-bond acceptors (Lipinski definition) is 1. The molecule has 0 amide bonds. The zero-order valence-corrected chi connectivity index (χ0v) is 9.60. The van der Waals surface area contributed by atoms with Crippen LogP contribution in [0.5, 0.6) is 0 Å². The Labute approximate surface area is 83.5 Å². The fourth-order valence-corrected chi connectivity index (χ4v) is 2.21. The Morgan fingerprint density at radius 1 is 1.15 bits per heavy atom. The maximum absolute atomic E-state index is 2.48. The maximum atomic E-state index is 2.48. The predicted octanol–water partition coefficient (Wildman–Crippen LogP) is 3.30. The first-order chi connectivity index (χ1) is 6.16. The highest BCUT2D eigenvalue weighted by Gasteiger charge is 2.27. The van der Waals surface area contributed by atoms with Gasteiger partial charge in [-0.3, -0.25) is 0 Å². The van der Waals surface area contributed by atoms with Gasteiger partial charge in [-0.2, -0.15) is 0 Å². The molecule has 0 aromatic rings. The zero-order valence-electron chi connectivity index (χ0n) is 9.60. The number of hydrogen-bond donors (Lipinski definition) is 0. The molecule has 0 aromatic heterocycles. The maximum Gasteiger partial charge on any atom is -0.00166 e. The van der Waals surface area contributed by atoms with Gasteiger partial charge in [0.25, 0.3) is 0 Å². The van der Waals surface area contributed by atoms with E-state index in [1.165, 1.54) is 51.6 Å². The van der Waals surface area contributed by atoms with Crippen LogP contribution in [0, 0.1) is 5.41 Å². The number of likely N-dealkylation sites (tertiary alicyclic amines) is 1. The van der Waals surface area contributed by atoms with Crippen LogP contribution in [-0.4, -0.2) is 25.0 Å². The second-order valence-electron chi connectivity index (χ2n) is 5.07. The van der Waals surface area contributed by atoms with Gasteiger partial charge >= 0.3 is 0 Å². The van der Waals surface area contributed by atoms with Gasteiger partial charge in [0.05, 0.1) is 0 Å². The van der Waals surface area contributed by atoms with Crippen molar-refractivity contribution in [3.8, 4) is 0 Å². The minimum atomic E-state index is 0.668. The van der Waals surface area contributed by atoms with Crippen molar-refractivity contribution in [1.29, 1.82) is 0 Å². The van der Waals surface area contributed by atoms with Gasteiger partial charge in [0.2, 0.25) is 0 Å². The van der Waals surface area contributed by atoms with Crippen LogP contribution < -0.4 is 0 Å². The Morgan fingerprint density at radius 2 is 1.77 bits per heavy atom. The lowest BCUT2D eigenvalue weighted by molar-refractivity contribution is 0.127. The van der Waals surface area contributed by atoms with Crippen LogP contribution in [-0.2, 0) is 0 Å². The summed E-state index contributed by atoms with van der Waals surface area (Å²) in [6.45, 7) is 7.39. The second kappa shape index (κ2) is 4.99. The topological polar surface area (TPSA) is 3.24 Å². The first-order valence-electron chi connectivity index (χ1n) is 5.85. The Bertz CT molecular complexity index is 134. The molecule has 1 aliphatic heterocycles. The van der Waals surface area contributed by atoms with Gasteiger partial charge in [-0.25, -0.2) is 0 Å².